The van der Waals surface area contributed by atoms with Crippen molar-refractivity contribution < 1.29 is 0 Å². The second-order valence-electron chi connectivity index (χ2n) is 4.47. The van der Waals surface area contributed by atoms with E-state index in [1.807, 2.05) is 6.92 Å². The van der Waals surface area contributed by atoms with E-state index in [0.29, 0.717) is 11.2 Å². The van der Waals surface area contributed by atoms with Crippen molar-refractivity contribution in [1.82, 2.24) is 14.9 Å². The quantitative estimate of drug-likeness (QED) is 0.819. The first-order chi connectivity index (χ1) is 7.65. The van der Waals surface area contributed by atoms with E-state index < -0.39 is 0 Å². The summed E-state index contributed by atoms with van der Waals surface area (Å²) in [6.45, 7) is 5.29. The van der Waals surface area contributed by atoms with Crippen LogP contribution in [-0.2, 0) is 0 Å². The molecule has 0 radical (unpaired) electrons. The molecule has 1 aliphatic rings. The highest BCUT2D eigenvalue weighted by Crippen LogP contribution is 2.17. The number of aromatic nitrogens is 2. The Hall–Kier alpha value is -0.870. The summed E-state index contributed by atoms with van der Waals surface area (Å²) in [7, 11) is 2.16. The predicted molar refractivity (Wildman–Crippen MR) is 65.9 cm³/mol. The molecule has 0 aromatic carbocycles. The Labute approximate surface area is 101 Å². The van der Waals surface area contributed by atoms with E-state index in [1.165, 1.54) is 13.0 Å². The van der Waals surface area contributed by atoms with Crippen molar-refractivity contribution in [3.05, 3.63) is 17.0 Å². The van der Waals surface area contributed by atoms with Crippen LogP contribution < -0.4 is 5.32 Å². The topological polar surface area (TPSA) is 41.1 Å². The van der Waals surface area contributed by atoms with Crippen molar-refractivity contribution >= 4 is 17.4 Å². The molecule has 0 bridgehead atoms. The molecule has 1 unspecified atom stereocenters. The Bertz CT molecular complexity index is 369. The van der Waals surface area contributed by atoms with Gasteiger partial charge in [0.25, 0.3) is 0 Å². The van der Waals surface area contributed by atoms with Crippen molar-refractivity contribution in [1.29, 1.82) is 0 Å². The fourth-order valence-corrected chi connectivity index (χ4v) is 2.17. The smallest absolute Gasteiger partial charge is 0.224 e. The second-order valence-corrected chi connectivity index (χ2v) is 4.81. The van der Waals surface area contributed by atoms with E-state index in [2.05, 4.69) is 27.2 Å². The molecule has 4 nitrogen and oxygen atoms in total. The lowest BCUT2D eigenvalue weighted by Gasteiger charge is -2.13. The molecular formula is C11H17ClN4. The van der Waals surface area contributed by atoms with Crippen LogP contribution in [0.4, 0.5) is 5.82 Å². The van der Waals surface area contributed by atoms with Crippen LogP contribution in [0.15, 0.2) is 6.20 Å². The molecule has 1 saturated heterocycles. The number of nitrogens with one attached hydrogen (secondary N) is 1. The first-order valence-corrected chi connectivity index (χ1v) is 5.94. The van der Waals surface area contributed by atoms with Crippen molar-refractivity contribution in [2.75, 3.05) is 32.0 Å². The molecule has 1 aromatic heterocycles. The monoisotopic (exact) mass is 240 g/mol. The summed E-state index contributed by atoms with van der Waals surface area (Å²) in [6.07, 6.45) is 3.00. The maximum atomic E-state index is 5.76. The maximum absolute atomic E-state index is 5.76. The molecule has 1 fully saturated rings. The first kappa shape index (κ1) is 11.6. The molecule has 88 valence electrons. The molecule has 16 heavy (non-hydrogen) atoms. The second kappa shape index (κ2) is 4.97. The third kappa shape index (κ3) is 2.83. The summed E-state index contributed by atoms with van der Waals surface area (Å²) < 4.78 is 0. The fourth-order valence-electron chi connectivity index (χ4n) is 2.03. The Morgan fingerprint density at radius 3 is 3.12 bits per heavy atom. The first-order valence-electron chi connectivity index (χ1n) is 5.56. The SMILES string of the molecule is Cc1cnc(Cl)nc1NCC1CCN(C)C1. The van der Waals surface area contributed by atoms with Gasteiger partial charge in [0, 0.05) is 24.8 Å². The molecular weight excluding hydrogens is 224 g/mol. The zero-order valence-electron chi connectivity index (χ0n) is 9.70. The van der Waals surface area contributed by atoms with Crippen LogP contribution in [0.1, 0.15) is 12.0 Å². The van der Waals surface area contributed by atoms with Gasteiger partial charge in [0.2, 0.25) is 5.28 Å². The van der Waals surface area contributed by atoms with E-state index in [9.17, 15) is 0 Å². The number of aryl methyl sites for hydroxylation is 1. The van der Waals surface area contributed by atoms with Crippen LogP contribution in [0.25, 0.3) is 0 Å². The zero-order valence-corrected chi connectivity index (χ0v) is 10.5. The highest BCUT2D eigenvalue weighted by atomic mass is 35.5. The number of rotatable bonds is 3. The summed E-state index contributed by atoms with van der Waals surface area (Å²) in [5.41, 5.74) is 1.04. The van der Waals surface area contributed by atoms with Gasteiger partial charge >= 0.3 is 0 Å². The minimum absolute atomic E-state index is 0.302. The molecule has 2 rings (SSSR count). The van der Waals surface area contributed by atoms with Crippen molar-refractivity contribution in [3.63, 3.8) is 0 Å². The normalized spacial score (nSPS) is 21.3. The molecule has 1 aliphatic heterocycles. The Morgan fingerprint density at radius 2 is 2.44 bits per heavy atom. The average molecular weight is 241 g/mol. The van der Waals surface area contributed by atoms with Crippen LogP contribution >= 0.6 is 11.6 Å². The molecule has 0 amide bonds. The maximum Gasteiger partial charge on any atom is 0.224 e. The van der Waals surface area contributed by atoms with E-state index in [0.717, 1.165) is 24.5 Å². The van der Waals surface area contributed by atoms with Gasteiger partial charge < -0.3 is 10.2 Å². The van der Waals surface area contributed by atoms with Crippen LogP contribution in [0.3, 0.4) is 0 Å². The Morgan fingerprint density at radius 1 is 1.62 bits per heavy atom. The van der Waals surface area contributed by atoms with Gasteiger partial charge in [0.05, 0.1) is 0 Å². The Balaban J connectivity index is 1.91. The number of hydrogen-bond donors (Lipinski definition) is 1. The summed E-state index contributed by atoms with van der Waals surface area (Å²) in [4.78, 5) is 10.5. The zero-order chi connectivity index (χ0) is 11.5. The average Bonchev–Trinajstić information content (AvgIpc) is 2.66. The minimum Gasteiger partial charge on any atom is -0.369 e. The molecule has 2 heterocycles. The highest BCUT2D eigenvalue weighted by molar-refractivity contribution is 6.28. The van der Waals surface area contributed by atoms with E-state index >= 15 is 0 Å². The van der Waals surface area contributed by atoms with E-state index in [-0.39, 0.29) is 0 Å². The van der Waals surface area contributed by atoms with Crippen LogP contribution in [-0.4, -0.2) is 41.5 Å². The summed E-state index contributed by atoms with van der Waals surface area (Å²) in [5, 5.41) is 3.66. The van der Waals surface area contributed by atoms with Crippen LogP contribution in [0.2, 0.25) is 5.28 Å². The largest absolute Gasteiger partial charge is 0.369 e. The van der Waals surface area contributed by atoms with Gasteiger partial charge in [-0.2, -0.15) is 0 Å². The lowest BCUT2D eigenvalue weighted by molar-refractivity contribution is 0.399. The number of nitrogens with zero attached hydrogens (tertiary/aromatic N) is 3. The Kier molecular flexibility index (Phi) is 3.61. The highest BCUT2D eigenvalue weighted by Gasteiger charge is 2.19. The van der Waals surface area contributed by atoms with Gasteiger partial charge in [-0.3, -0.25) is 0 Å². The van der Waals surface area contributed by atoms with Gasteiger partial charge in [0.15, 0.2) is 0 Å². The van der Waals surface area contributed by atoms with Gasteiger partial charge in [-0.1, -0.05) is 0 Å². The molecule has 0 aliphatic carbocycles. The van der Waals surface area contributed by atoms with Crippen molar-refractivity contribution in [2.45, 2.75) is 13.3 Å². The van der Waals surface area contributed by atoms with Gasteiger partial charge in [0.1, 0.15) is 5.82 Å². The predicted octanol–water partition coefficient (Wildman–Crippen LogP) is 1.80. The molecule has 0 spiro atoms. The number of anilines is 1. The third-order valence-electron chi connectivity index (χ3n) is 2.99. The van der Waals surface area contributed by atoms with Crippen molar-refractivity contribution in [2.24, 2.45) is 5.92 Å². The molecule has 1 atom stereocenters. The lowest BCUT2D eigenvalue weighted by atomic mass is 10.1. The third-order valence-corrected chi connectivity index (χ3v) is 3.17. The fraction of sp³-hybridized carbons (Fsp3) is 0.636. The summed E-state index contributed by atoms with van der Waals surface area (Å²) in [6, 6.07) is 0. The van der Waals surface area contributed by atoms with Crippen LogP contribution in [0, 0.1) is 12.8 Å². The minimum atomic E-state index is 0.302. The standard InChI is InChI=1S/C11H17ClN4/c1-8-5-14-11(12)15-10(8)13-6-9-3-4-16(2)7-9/h5,9H,3-4,6-7H2,1-2H3,(H,13,14,15). The van der Waals surface area contributed by atoms with Gasteiger partial charge in [-0.25, -0.2) is 9.97 Å². The number of halogens is 1. The number of hydrogen-bond acceptors (Lipinski definition) is 4. The molecule has 0 saturated carbocycles. The molecule has 1 aromatic rings. The lowest BCUT2D eigenvalue weighted by Crippen LogP contribution is -2.19. The summed E-state index contributed by atoms with van der Waals surface area (Å²) in [5.74, 6) is 1.56. The van der Waals surface area contributed by atoms with Crippen LogP contribution in [0.5, 0.6) is 0 Å². The summed E-state index contributed by atoms with van der Waals surface area (Å²) >= 11 is 5.76. The molecule has 1 N–H and O–H groups in total. The van der Waals surface area contributed by atoms with E-state index in [1.54, 1.807) is 6.20 Å². The van der Waals surface area contributed by atoms with Crippen molar-refractivity contribution in [3.8, 4) is 0 Å². The van der Waals surface area contributed by atoms with Gasteiger partial charge in [-0.05, 0) is 44.5 Å². The van der Waals surface area contributed by atoms with Gasteiger partial charge in [-0.15, -0.1) is 0 Å². The number of likely N-dealkylation sites (tertiary alicyclic amines) is 1. The molecule has 5 heteroatoms. The van der Waals surface area contributed by atoms with E-state index in [4.69, 9.17) is 11.6 Å².